The first-order valence-corrected chi connectivity index (χ1v) is 11.7. The van der Waals surface area contributed by atoms with Gasteiger partial charge >= 0.3 is 6.03 Å². The van der Waals surface area contributed by atoms with Crippen LogP contribution in [-0.2, 0) is 0 Å². The molecule has 178 valence electrons. The van der Waals surface area contributed by atoms with Crippen molar-refractivity contribution in [3.8, 4) is 0 Å². The van der Waals surface area contributed by atoms with E-state index in [1.807, 2.05) is 19.1 Å². The lowest BCUT2D eigenvalue weighted by molar-refractivity contribution is -0.384. The Bertz CT molecular complexity index is 1420. The molecule has 0 unspecified atom stereocenters. The van der Waals surface area contributed by atoms with Crippen LogP contribution in [0.1, 0.15) is 34.5 Å². The highest BCUT2D eigenvalue weighted by atomic mass is 35.5. The van der Waals surface area contributed by atoms with Crippen molar-refractivity contribution in [1.29, 1.82) is 0 Å². The van der Waals surface area contributed by atoms with E-state index < -0.39 is 11.0 Å². The molecule has 9 nitrogen and oxygen atoms in total. The van der Waals surface area contributed by atoms with Gasteiger partial charge in [0.25, 0.3) is 11.6 Å². The summed E-state index contributed by atoms with van der Waals surface area (Å²) in [6.07, 6.45) is 0. The van der Waals surface area contributed by atoms with Gasteiger partial charge in [0.05, 0.1) is 31.9 Å². The summed E-state index contributed by atoms with van der Waals surface area (Å²) in [7, 11) is 0. The fourth-order valence-electron chi connectivity index (χ4n) is 3.39. The molecule has 0 saturated carbocycles. The van der Waals surface area contributed by atoms with Crippen LogP contribution in [0.5, 0.6) is 0 Å². The van der Waals surface area contributed by atoms with Crippen LogP contribution in [0.2, 0.25) is 5.02 Å². The Morgan fingerprint density at radius 3 is 2.51 bits per heavy atom. The second kappa shape index (κ2) is 10.1. The summed E-state index contributed by atoms with van der Waals surface area (Å²) in [6, 6.07) is 15.6. The Kier molecular flexibility index (Phi) is 6.94. The zero-order chi connectivity index (χ0) is 25.1. The topological polar surface area (TPSA) is 126 Å². The van der Waals surface area contributed by atoms with Crippen molar-refractivity contribution < 1.29 is 14.5 Å². The minimum absolute atomic E-state index is 0.0186. The number of nitro groups is 1. The molecule has 0 radical (unpaired) electrons. The molecule has 3 amide bonds. The molecule has 0 spiro atoms. The molecule has 0 aliphatic heterocycles. The van der Waals surface area contributed by atoms with E-state index in [4.69, 9.17) is 11.6 Å². The average molecular weight is 510 g/mol. The molecule has 11 heteroatoms. The fourth-order valence-corrected chi connectivity index (χ4v) is 4.56. The maximum absolute atomic E-state index is 12.8. The Hall–Kier alpha value is -4.02. The Morgan fingerprint density at radius 1 is 1.09 bits per heavy atom. The zero-order valence-electron chi connectivity index (χ0n) is 18.7. The van der Waals surface area contributed by atoms with Gasteiger partial charge in [-0.3, -0.25) is 20.2 Å². The highest BCUT2D eigenvalue weighted by molar-refractivity contribution is 7.22. The zero-order valence-corrected chi connectivity index (χ0v) is 20.2. The quantitative estimate of drug-likeness (QED) is 0.207. The molecule has 3 N–H and O–H groups in total. The highest BCUT2D eigenvalue weighted by Crippen LogP contribution is 2.29. The number of non-ortho nitro benzene ring substituents is 1. The number of amides is 3. The number of nitrogens with one attached hydrogen (secondary N) is 3. The minimum Gasteiger partial charge on any atom is -0.331 e. The lowest BCUT2D eigenvalue weighted by Crippen LogP contribution is -2.31. The summed E-state index contributed by atoms with van der Waals surface area (Å²) in [5, 5.41) is 19.9. The van der Waals surface area contributed by atoms with E-state index in [1.54, 1.807) is 43.3 Å². The van der Waals surface area contributed by atoms with Crippen LogP contribution < -0.4 is 16.0 Å². The number of para-hydroxylation sites is 1. The number of fused-ring (bicyclic) bond motifs is 1. The third-order valence-corrected chi connectivity index (χ3v) is 6.53. The van der Waals surface area contributed by atoms with E-state index in [9.17, 15) is 19.7 Å². The van der Waals surface area contributed by atoms with Crippen molar-refractivity contribution in [3.63, 3.8) is 0 Å². The maximum atomic E-state index is 12.8. The maximum Gasteiger partial charge on any atom is 0.321 e. The molecule has 4 rings (SSSR count). The first-order chi connectivity index (χ1) is 16.7. The minimum atomic E-state index is -0.478. The molecular weight excluding hydrogens is 490 g/mol. The molecule has 1 atom stereocenters. The summed E-state index contributed by atoms with van der Waals surface area (Å²) in [5.74, 6) is -0.305. The van der Waals surface area contributed by atoms with Gasteiger partial charge in [-0.25, -0.2) is 9.78 Å². The summed E-state index contributed by atoms with van der Waals surface area (Å²) in [4.78, 5) is 39.9. The molecule has 1 aromatic heterocycles. The molecule has 35 heavy (non-hydrogen) atoms. The predicted molar refractivity (Wildman–Crippen MR) is 137 cm³/mol. The largest absolute Gasteiger partial charge is 0.331 e. The van der Waals surface area contributed by atoms with Gasteiger partial charge < -0.3 is 10.6 Å². The first kappa shape index (κ1) is 24.1. The number of aromatic nitrogens is 1. The van der Waals surface area contributed by atoms with Gasteiger partial charge in [-0.2, -0.15) is 0 Å². The molecular formula is C24H20ClN5O4S. The van der Waals surface area contributed by atoms with Gasteiger partial charge in [0.15, 0.2) is 5.13 Å². The van der Waals surface area contributed by atoms with Crippen LogP contribution in [0.25, 0.3) is 10.2 Å². The highest BCUT2D eigenvalue weighted by Gasteiger charge is 2.15. The van der Waals surface area contributed by atoms with E-state index in [0.29, 0.717) is 26.9 Å². The first-order valence-electron chi connectivity index (χ1n) is 10.5. The van der Waals surface area contributed by atoms with E-state index in [-0.39, 0.29) is 17.6 Å². The monoisotopic (exact) mass is 509 g/mol. The molecule has 4 aromatic rings. The lowest BCUT2D eigenvalue weighted by Gasteiger charge is -2.14. The van der Waals surface area contributed by atoms with Gasteiger partial charge in [0, 0.05) is 17.7 Å². The summed E-state index contributed by atoms with van der Waals surface area (Å²) < 4.78 is 0.729. The number of thiazole rings is 1. The van der Waals surface area contributed by atoms with Crippen molar-refractivity contribution in [2.24, 2.45) is 0 Å². The normalized spacial score (nSPS) is 11.6. The summed E-state index contributed by atoms with van der Waals surface area (Å²) in [5.41, 5.74) is 3.19. The SMILES string of the molecule is Cc1cccc(Cl)c1NC(=O)c1ccc2nc(NC(=O)N[C@H](C)c3ccc([N+](=O)[O-])cc3)sc2c1. The van der Waals surface area contributed by atoms with Gasteiger partial charge in [-0.15, -0.1) is 0 Å². The molecule has 3 aromatic carbocycles. The smallest absolute Gasteiger partial charge is 0.321 e. The van der Waals surface area contributed by atoms with Crippen LogP contribution in [0.15, 0.2) is 60.7 Å². The van der Waals surface area contributed by atoms with Crippen molar-refractivity contribution >= 4 is 61.6 Å². The number of hydrogen-bond acceptors (Lipinski definition) is 6. The lowest BCUT2D eigenvalue weighted by atomic mass is 10.1. The van der Waals surface area contributed by atoms with Crippen molar-refractivity contribution in [2.45, 2.75) is 19.9 Å². The predicted octanol–water partition coefficient (Wildman–Crippen LogP) is 6.30. The summed E-state index contributed by atoms with van der Waals surface area (Å²) in [6.45, 7) is 3.63. The number of nitro benzene ring substituents is 1. The Morgan fingerprint density at radius 2 is 1.83 bits per heavy atom. The third kappa shape index (κ3) is 5.56. The average Bonchev–Trinajstić information content (AvgIpc) is 3.22. The van der Waals surface area contributed by atoms with Gasteiger partial charge in [0.1, 0.15) is 0 Å². The number of halogens is 1. The van der Waals surface area contributed by atoms with E-state index >= 15 is 0 Å². The molecule has 0 saturated heterocycles. The van der Waals surface area contributed by atoms with E-state index in [0.717, 1.165) is 15.8 Å². The Balaban J connectivity index is 1.42. The molecule has 0 fully saturated rings. The van der Waals surface area contributed by atoms with E-state index in [2.05, 4.69) is 20.9 Å². The number of carbonyl (C=O) groups excluding carboxylic acids is 2. The van der Waals surface area contributed by atoms with Crippen LogP contribution in [0.3, 0.4) is 0 Å². The second-order valence-corrected chi connectivity index (χ2v) is 9.19. The number of carbonyl (C=O) groups is 2. The standard InChI is InChI=1S/C24H20ClN5O4S/c1-13-4-3-5-18(25)21(13)28-22(31)16-8-11-19-20(12-16)35-24(27-19)29-23(32)26-14(2)15-6-9-17(10-7-15)30(33)34/h3-12,14H,1-2H3,(H,28,31)(H2,26,27,29,32)/t14-/m1/s1. The number of aryl methyl sites for hydroxylation is 1. The van der Waals surface area contributed by atoms with Crippen molar-refractivity contribution in [3.05, 3.63) is 92.5 Å². The number of rotatable bonds is 6. The number of hydrogen-bond donors (Lipinski definition) is 3. The van der Waals surface area contributed by atoms with Gasteiger partial charge in [-0.1, -0.05) is 47.2 Å². The van der Waals surface area contributed by atoms with Gasteiger partial charge in [-0.05, 0) is 49.2 Å². The number of anilines is 2. The number of nitrogens with zero attached hydrogens (tertiary/aromatic N) is 2. The fraction of sp³-hybridized carbons (Fsp3) is 0.125. The molecule has 1 heterocycles. The van der Waals surface area contributed by atoms with Crippen molar-refractivity contribution in [2.75, 3.05) is 10.6 Å². The van der Waals surface area contributed by atoms with Crippen LogP contribution in [0.4, 0.5) is 21.3 Å². The van der Waals surface area contributed by atoms with Crippen LogP contribution >= 0.6 is 22.9 Å². The third-order valence-electron chi connectivity index (χ3n) is 5.28. The van der Waals surface area contributed by atoms with Gasteiger partial charge in [0.2, 0.25) is 0 Å². The Labute approximate surface area is 209 Å². The molecule has 0 aliphatic rings. The van der Waals surface area contributed by atoms with Crippen LogP contribution in [0, 0.1) is 17.0 Å². The molecule has 0 aliphatic carbocycles. The molecule has 0 bridgehead atoms. The summed E-state index contributed by atoms with van der Waals surface area (Å²) >= 11 is 7.44. The second-order valence-electron chi connectivity index (χ2n) is 7.76. The van der Waals surface area contributed by atoms with Crippen molar-refractivity contribution in [1.82, 2.24) is 10.3 Å². The number of urea groups is 1. The van der Waals surface area contributed by atoms with E-state index in [1.165, 1.54) is 23.5 Å². The number of benzene rings is 3. The van der Waals surface area contributed by atoms with Crippen LogP contribution in [-0.4, -0.2) is 21.8 Å².